The third-order valence-electron chi connectivity index (χ3n) is 4.47. The van der Waals surface area contributed by atoms with Gasteiger partial charge in [0.15, 0.2) is 0 Å². The smallest absolute Gasteiger partial charge is 0.277 e. The topological polar surface area (TPSA) is 103 Å². The molecule has 25 heavy (non-hydrogen) atoms. The van der Waals surface area contributed by atoms with Crippen LogP contribution in [0.15, 0.2) is 30.6 Å². The molecule has 3 N–H and O–H groups in total. The summed E-state index contributed by atoms with van der Waals surface area (Å²) >= 11 is 0. The van der Waals surface area contributed by atoms with Crippen molar-refractivity contribution in [1.29, 1.82) is 0 Å². The lowest BCUT2D eigenvalue weighted by Crippen LogP contribution is -2.31. The van der Waals surface area contributed by atoms with Gasteiger partial charge in [-0.2, -0.15) is 0 Å². The van der Waals surface area contributed by atoms with Crippen LogP contribution in [0.1, 0.15) is 21.6 Å². The lowest BCUT2D eigenvalue weighted by Gasteiger charge is -2.27. The molecule has 0 atom stereocenters. The molecule has 3 aromatic rings. The summed E-state index contributed by atoms with van der Waals surface area (Å²) in [6, 6.07) is 6.02. The Bertz CT molecular complexity index is 935. The number of benzene rings is 1. The fourth-order valence-corrected chi connectivity index (χ4v) is 3.18. The molecule has 8 nitrogen and oxygen atoms in total. The van der Waals surface area contributed by atoms with E-state index in [-0.39, 0.29) is 5.56 Å². The van der Waals surface area contributed by atoms with E-state index in [4.69, 9.17) is 9.94 Å². The minimum atomic E-state index is -0.628. The van der Waals surface area contributed by atoms with Gasteiger partial charge in [0, 0.05) is 35.5 Å². The predicted octanol–water partition coefficient (Wildman–Crippen LogP) is 1.65. The highest BCUT2D eigenvalue weighted by atomic mass is 16.5. The number of ether oxygens (including phenoxy) is 1. The van der Waals surface area contributed by atoms with Gasteiger partial charge in [0.2, 0.25) is 5.95 Å². The molecule has 128 valence electrons. The molecule has 1 amide bonds. The first kappa shape index (κ1) is 15.4. The summed E-state index contributed by atoms with van der Waals surface area (Å²) < 4.78 is 5.32. The van der Waals surface area contributed by atoms with Crippen LogP contribution in [0.25, 0.3) is 10.9 Å². The fourth-order valence-electron chi connectivity index (χ4n) is 3.18. The number of anilines is 1. The van der Waals surface area contributed by atoms with Crippen molar-refractivity contribution >= 4 is 22.8 Å². The van der Waals surface area contributed by atoms with Crippen molar-refractivity contribution < 1.29 is 14.7 Å². The molecular formula is C17H17N5O3. The molecule has 1 aliphatic heterocycles. The number of aromatic amines is 1. The average molecular weight is 339 g/mol. The van der Waals surface area contributed by atoms with Crippen molar-refractivity contribution in [1.82, 2.24) is 20.4 Å². The maximum Gasteiger partial charge on any atom is 0.277 e. The van der Waals surface area contributed by atoms with E-state index in [0.29, 0.717) is 12.5 Å². The van der Waals surface area contributed by atoms with Crippen LogP contribution in [-0.2, 0) is 13.0 Å². The molecule has 1 aromatic carbocycles. The molecule has 0 fully saturated rings. The number of nitrogens with one attached hydrogen (secondary N) is 2. The number of hydrogen-bond acceptors (Lipinski definition) is 6. The highest BCUT2D eigenvalue weighted by Crippen LogP contribution is 2.31. The maximum absolute atomic E-state index is 11.3. The Balaban J connectivity index is 1.61. The number of carbonyl (C=O) groups excluding carboxylic acids is 1. The van der Waals surface area contributed by atoms with Crippen molar-refractivity contribution in [2.75, 3.05) is 18.6 Å². The summed E-state index contributed by atoms with van der Waals surface area (Å²) in [5.74, 6) is 0.770. The summed E-state index contributed by atoms with van der Waals surface area (Å²) in [5.41, 5.74) is 5.29. The van der Waals surface area contributed by atoms with Crippen LogP contribution in [0.3, 0.4) is 0 Å². The molecule has 8 heteroatoms. The second-order valence-electron chi connectivity index (χ2n) is 5.88. The lowest BCUT2D eigenvalue weighted by atomic mass is 10.0. The molecule has 1 aliphatic rings. The number of fused-ring (bicyclic) bond motifs is 3. The van der Waals surface area contributed by atoms with Gasteiger partial charge in [0.1, 0.15) is 5.75 Å². The Hall–Kier alpha value is -3.13. The van der Waals surface area contributed by atoms with Gasteiger partial charge in [0.05, 0.1) is 19.2 Å². The molecule has 2 aromatic heterocycles. The van der Waals surface area contributed by atoms with E-state index >= 15 is 0 Å². The van der Waals surface area contributed by atoms with Gasteiger partial charge in [0.25, 0.3) is 5.91 Å². The molecule has 0 saturated heterocycles. The maximum atomic E-state index is 11.3. The van der Waals surface area contributed by atoms with Gasteiger partial charge < -0.3 is 14.6 Å². The molecule has 3 heterocycles. The molecule has 0 aliphatic carbocycles. The first-order valence-corrected chi connectivity index (χ1v) is 7.88. The quantitative estimate of drug-likeness (QED) is 0.495. The van der Waals surface area contributed by atoms with Crippen molar-refractivity contribution in [3.8, 4) is 5.75 Å². The molecule has 4 rings (SSSR count). The number of amides is 1. The lowest BCUT2D eigenvalue weighted by molar-refractivity contribution is 0.0705. The highest BCUT2D eigenvalue weighted by molar-refractivity contribution is 5.92. The van der Waals surface area contributed by atoms with Crippen LogP contribution in [-0.4, -0.2) is 39.7 Å². The first-order chi connectivity index (χ1) is 12.2. The average Bonchev–Trinajstić information content (AvgIpc) is 3.04. The number of nitrogens with zero attached hydrogens (tertiary/aromatic N) is 3. The molecule has 0 radical (unpaired) electrons. The van der Waals surface area contributed by atoms with Crippen LogP contribution in [0, 0.1) is 0 Å². The van der Waals surface area contributed by atoms with Crippen LogP contribution in [0.2, 0.25) is 0 Å². The van der Waals surface area contributed by atoms with Crippen molar-refractivity contribution in [2.24, 2.45) is 0 Å². The van der Waals surface area contributed by atoms with Crippen molar-refractivity contribution in [2.45, 2.75) is 13.0 Å². The van der Waals surface area contributed by atoms with Gasteiger partial charge in [-0.05, 0) is 30.2 Å². The van der Waals surface area contributed by atoms with Crippen LogP contribution in [0.4, 0.5) is 5.95 Å². The Kier molecular flexibility index (Phi) is 3.73. The molecule has 0 spiro atoms. The number of rotatable bonds is 3. The zero-order chi connectivity index (χ0) is 17.4. The largest absolute Gasteiger partial charge is 0.497 e. The molecule has 0 unspecified atom stereocenters. The van der Waals surface area contributed by atoms with Gasteiger partial charge in [-0.25, -0.2) is 15.4 Å². The third-order valence-corrected chi connectivity index (χ3v) is 4.47. The van der Waals surface area contributed by atoms with Gasteiger partial charge >= 0.3 is 0 Å². The number of hydrogen-bond donors (Lipinski definition) is 3. The molecule has 0 saturated carbocycles. The van der Waals surface area contributed by atoms with Crippen molar-refractivity contribution in [3.05, 3.63) is 47.4 Å². The van der Waals surface area contributed by atoms with E-state index in [9.17, 15) is 4.79 Å². The monoisotopic (exact) mass is 339 g/mol. The van der Waals surface area contributed by atoms with E-state index < -0.39 is 5.91 Å². The van der Waals surface area contributed by atoms with E-state index in [2.05, 4.69) is 25.9 Å². The summed E-state index contributed by atoms with van der Waals surface area (Å²) in [5, 5.41) is 9.83. The number of methoxy groups -OCH3 is 1. The highest BCUT2D eigenvalue weighted by Gasteiger charge is 2.22. The Morgan fingerprint density at radius 3 is 2.88 bits per heavy atom. The predicted molar refractivity (Wildman–Crippen MR) is 90.9 cm³/mol. The fraction of sp³-hybridized carbons (Fsp3) is 0.235. The number of H-pyrrole nitrogens is 1. The van der Waals surface area contributed by atoms with E-state index in [1.165, 1.54) is 23.3 Å². The normalized spacial score (nSPS) is 13.6. The minimum Gasteiger partial charge on any atom is -0.497 e. The molecule has 0 bridgehead atoms. The Morgan fingerprint density at radius 1 is 1.36 bits per heavy atom. The summed E-state index contributed by atoms with van der Waals surface area (Å²) in [7, 11) is 1.67. The second-order valence-corrected chi connectivity index (χ2v) is 5.88. The second kappa shape index (κ2) is 6.06. The third kappa shape index (κ3) is 2.66. The number of aromatic nitrogens is 3. The summed E-state index contributed by atoms with van der Waals surface area (Å²) in [6.45, 7) is 1.45. The zero-order valence-electron chi connectivity index (χ0n) is 13.6. The van der Waals surface area contributed by atoms with E-state index in [1.807, 2.05) is 12.1 Å². The standard InChI is InChI=1S/C17H17N5O3/c1-25-11-2-3-14-13(6-11)12-4-5-22(9-15(12)20-14)17-18-7-10(8-19-17)16(23)21-24/h2-3,6-8,20,24H,4-5,9H2,1H3,(H,21,23). The summed E-state index contributed by atoms with van der Waals surface area (Å²) in [6.07, 6.45) is 3.67. The Morgan fingerprint density at radius 2 is 2.16 bits per heavy atom. The Labute approximate surface area is 143 Å². The van der Waals surface area contributed by atoms with Gasteiger partial charge in [-0.1, -0.05) is 0 Å². The number of carbonyl (C=O) groups is 1. The van der Waals surface area contributed by atoms with Gasteiger partial charge in [-0.3, -0.25) is 10.0 Å². The zero-order valence-corrected chi connectivity index (χ0v) is 13.6. The molecular weight excluding hydrogens is 322 g/mol. The van der Waals surface area contributed by atoms with E-state index in [0.717, 1.165) is 29.9 Å². The van der Waals surface area contributed by atoms with Crippen LogP contribution < -0.4 is 15.1 Å². The first-order valence-electron chi connectivity index (χ1n) is 7.88. The number of hydroxylamine groups is 1. The SMILES string of the molecule is COc1ccc2[nH]c3c(c2c1)CCN(c1ncc(C(=O)NO)cn1)C3. The van der Waals surface area contributed by atoms with Crippen LogP contribution in [0.5, 0.6) is 5.75 Å². The van der Waals surface area contributed by atoms with Crippen LogP contribution >= 0.6 is 0 Å². The minimum absolute atomic E-state index is 0.210. The van der Waals surface area contributed by atoms with E-state index in [1.54, 1.807) is 12.6 Å². The van der Waals surface area contributed by atoms with Gasteiger partial charge in [-0.15, -0.1) is 0 Å². The van der Waals surface area contributed by atoms with Crippen molar-refractivity contribution in [3.63, 3.8) is 0 Å². The summed E-state index contributed by atoms with van der Waals surface area (Å²) in [4.78, 5) is 25.3.